The quantitative estimate of drug-likeness (QED) is 0.667. The Labute approximate surface area is 188 Å². The van der Waals surface area contributed by atoms with E-state index in [1.165, 1.54) is 11.8 Å². The van der Waals surface area contributed by atoms with E-state index < -0.39 is 5.41 Å². The summed E-state index contributed by atoms with van der Waals surface area (Å²) in [6, 6.07) is 21.9. The van der Waals surface area contributed by atoms with Crippen molar-refractivity contribution in [3.05, 3.63) is 82.4 Å². The molecule has 2 aromatic carbocycles. The van der Waals surface area contributed by atoms with Gasteiger partial charge in [-0.15, -0.1) is 11.8 Å². The number of nitriles is 1. The first-order valence-electron chi connectivity index (χ1n) is 10.7. The van der Waals surface area contributed by atoms with Gasteiger partial charge in [0.15, 0.2) is 0 Å². The highest BCUT2D eigenvalue weighted by Gasteiger charge is 2.55. The molecule has 6 heteroatoms. The third kappa shape index (κ3) is 3.89. The molecular formula is C25H27N3O2S. The van der Waals surface area contributed by atoms with Gasteiger partial charge in [-0.3, -0.25) is 9.69 Å². The van der Waals surface area contributed by atoms with Crippen molar-refractivity contribution in [2.24, 2.45) is 0 Å². The Morgan fingerprint density at radius 1 is 1.00 bits per heavy atom. The lowest BCUT2D eigenvalue weighted by Gasteiger charge is -2.31. The van der Waals surface area contributed by atoms with Crippen molar-refractivity contribution in [1.29, 1.82) is 5.26 Å². The predicted octanol–water partition coefficient (Wildman–Crippen LogP) is 3.64. The summed E-state index contributed by atoms with van der Waals surface area (Å²) in [6.45, 7) is 4.91. The van der Waals surface area contributed by atoms with Gasteiger partial charge in [0.1, 0.15) is 5.41 Å². The summed E-state index contributed by atoms with van der Waals surface area (Å²) in [5.41, 5.74) is 1.10. The number of morpholine rings is 1. The van der Waals surface area contributed by atoms with Crippen LogP contribution in [0.4, 0.5) is 0 Å². The fourth-order valence-electron chi connectivity index (χ4n) is 4.60. The van der Waals surface area contributed by atoms with Crippen LogP contribution in [0, 0.1) is 11.3 Å². The molecule has 160 valence electrons. The molecule has 0 aliphatic carbocycles. The molecule has 0 radical (unpaired) electrons. The lowest BCUT2D eigenvalue weighted by Crippen LogP contribution is -2.43. The van der Waals surface area contributed by atoms with Crippen LogP contribution in [0.15, 0.2) is 71.3 Å². The standard InChI is InChI=1S/C25H27N3O2S/c1-31-23-22(19-26)25(20-9-4-2-5-10-20,21-11-6-3-7-12-21)24(29)28(23)14-8-13-27-15-17-30-18-16-27/h2-7,9-12H,8,13-18H2,1H3. The second-order valence-electron chi connectivity index (χ2n) is 7.74. The third-order valence-corrected chi connectivity index (χ3v) is 6.89. The van der Waals surface area contributed by atoms with Crippen LogP contribution >= 0.6 is 11.8 Å². The molecule has 0 N–H and O–H groups in total. The van der Waals surface area contributed by atoms with Gasteiger partial charge in [0.05, 0.1) is 29.9 Å². The van der Waals surface area contributed by atoms with E-state index in [-0.39, 0.29) is 5.91 Å². The van der Waals surface area contributed by atoms with Gasteiger partial charge in [-0.2, -0.15) is 5.26 Å². The second-order valence-corrected chi connectivity index (χ2v) is 8.54. The third-order valence-electron chi connectivity index (χ3n) is 6.08. The molecule has 0 aromatic heterocycles. The van der Waals surface area contributed by atoms with E-state index in [4.69, 9.17) is 4.74 Å². The maximum absolute atomic E-state index is 14.1. The average molecular weight is 434 g/mol. The van der Waals surface area contributed by atoms with Gasteiger partial charge >= 0.3 is 0 Å². The normalized spacial score (nSPS) is 19.0. The molecule has 0 unspecified atom stereocenters. The molecule has 2 heterocycles. The Hall–Kier alpha value is -2.59. The Bertz CT molecular complexity index is 939. The number of nitrogens with zero attached hydrogens (tertiary/aromatic N) is 3. The zero-order chi connectivity index (χ0) is 21.7. The van der Waals surface area contributed by atoms with Gasteiger partial charge in [-0.05, 0) is 23.8 Å². The zero-order valence-electron chi connectivity index (χ0n) is 17.8. The molecule has 0 atom stereocenters. The minimum absolute atomic E-state index is 0.0345. The molecule has 0 saturated carbocycles. The van der Waals surface area contributed by atoms with Gasteiger partial charge in [-0.1, -0.05) is 60.7 Å². The van der Waals surface area contributed by atoms with Crippen LogP contribution in [0.5, 0.6) is 0 Å². The highest BCUT2D eigenvalue weighted by Crippen LogP contribution is 2.49. The molecule has 2 aliphatic rings. The smallest absolute Gasteiger partial charge is 0.247 e. The zero-order valence-corrected chi connectivity index (χ0v) is 18.6. The number of carbonyl (C=O) groups excluding carboxylic acids is 1. The Morgan fingerprint density at radius 2 is 1.58 bits per heavy atom. The highest BCUT2D eigenvalue weighted by atomic mass is 32.2. The molecule has 5 nitrogen and oxygen atoms in total. The average Bonchev–Trinajstić information content (AvgIpc) is 3.08. The number of hydrogen-bond acceptors (Lipinski definition) is 5. The van der Waals surface area contributed by atoms with Crippen molar-refractivity contribution in [2.45, 2.75) is 11.8 Å². The molecule has 1 fully saturated rings. The van der Waals surface area contributed by atoms with Crippen LogP contribution < -0.4 is 0 Å². The number of benzene rings is 2. The summed E-state index contributed by atoms with van der Waals surface area (Å²) >= 11 is 1.48. The Morgan fingerprint density at radius 3 is 2.10 bits per heavy atom. The SMILES string of the molecule is CSC1=C(C#N)C(c2ccccc2)(c2ccccc2)C(=O)N1CCCN1CCOCC1. The molecule has 0 bridgehead atoms. The molecule has 1 saturated heterocycles. The van der Waals surface area contributed by atoms with Crippen molar-refractivity contribution in [2.75, 3.05) is 45.6 Å². The lowest BCUT2D eigenvalue weighted by atomic mass is 9.70. The van der Waals surface area contributed by atoms with Gasteiger partial charge < -0.3 is 9.64 Å². The number of thioether (sulfide) groups is 1. The van der Waals surface area contributed by atoms with Crippen molar-refractivity contribution < 1.29 is 9.53 Å². The van der Waals surface area contributed by atoms with E-state index in [1.54, 1.807) is 0 Å². The molecule has 1 amide bonds. The van der Waals surface area contributed by atoms with Crippen LogP contribution in [0.3, 0.4) is 0 Å². The first kappa shape index (κ1) is 21.6. The first-order valence-corrected chi connectivity index (χ1v) is 11.9. The molecule has 4 rings (SSSR count). The molecular weight excluding hydrogens is 406 g/mol. The van der Waals surface area contributed by atoms with Crippen LogP contribution in [0.2, 0.25) is 0 Å². The van der Waals surface area contributed by atoms with Gasteiger partial charge in [0, 0.05) is 26.2 Å². The number of amides is 1. The minimum Gasteiger partial charge on any atom is -0.379 e. The maximum atomic E-state index is 14.1. The lowest BCUT2D eigenvalue weighted by molar-refractivity contribution is -0.130. The highest BCUT2D eigenvalue weighted by molar-refractivity contribution is 8.02. The summed E-state index contributed by atoms with van der Waals surface area (Å²) in [7, 11) is 0. The summed E-state index contributed by atoms with van der Waals surface area (Å²) in [5.74, 6) is -0.0345. The molecule has 2 aromatic rings. The monoisotopic (exact) mass is 433 g/mol. The van der Waals surface area contributed by atoms with E-state index in [0.29, 0.717) is 12.1 Å². The molecule has 2 aliphatic heterocycles. The molecule has 0 spiro atoms. The van der Waals surface area contributed by atoms with Gasteiger partial charge in [-0.25, -0.2) is 0 Å². The van der Waals surface area contributed by atoms with E-state index in [9.17, 15) is 10.1 Å². The van der Waals surface area contributed by atoms with E-state index >= 15 is 0 Å². The van der Waals surface area contributed by atoms with Crippen molar-refractivity contribution in [3.63, 3.8) is 0 Å². The second kappa shape index (κ2) is 9.69. The minimum atomic E-state index is -1.10. The maximum Gasteiger partial charge on any atom is 0.247 e. The summed E-state index contributed by atoms with van der Waals surface area (Å²) in [4.78, 5) is 18.3. The predicted molar refractivity (Wildman–Crippen MR) is 123 cm³/mol. The Kier molecular flexibility index (Phi) is 6.77. The number of hydrogen-bond donors (Lipinski definition) is 0. The summed E-state index contributed by atoms with van der Waals surface area (Å²) in [6.07, 6.45) is 2.80. The van der Waals surface area contributed by atoms with Gasteiger partial charge in [0.25, 0.3) is 0 Å². The number of carbonyl (C=O) groups is 1. The van der Waals surface area contributed by atoms with Crippen LogP contribution in [0.1, 0.15) is 17.5 Å². The number of ether oxygens (including phenoxy) is 1. The van der Waals surface area contributed by atoms with E-state index in [2.05, 4.69) is 11.0 Å². The topological polar surface area (TPSA) is 56.6 Å². The fourth-order valence-corrected chi connectivity index (χ4v) is 5.40. The van der Waals surface area contributed by atoms with Crippen LogP contribution in [0.25, 0.3) is 0 Å². The van der Waals surface area contributed by atoms with Crippen molar-refractivity contribution >= 4 is 17.7 Å². The summed E-state index contributed by atoms with van der Waals surface area (Å²) in [5, 5.41) is 11.0. The van der Waals surface area contributed by atoms with Gasteiger partial charge in [0.2, 0.25) is 5.91 Å². The van der Waals surface area contributed by atoms with Crippen molar-refractivity contribution in [1.82, 2.24) is 9.80 Å². The van der Waals surface area contributed by atoms with Crippen LogP contribution in [-0.4, -0.2) is 61.4 Å². The van der Waals surface area contributed by atoms with Crippen molar-refractivity contribution in [3.8, 4) is 6.07 Å². The summed E-state index contributed by atoms with van der Waals surface area (Å²) < 4.78 is 5.43. The fraction of sp³-hybridized carbons (Fsp3) is 0.360. The Balaban J connectivity index is 1.72. The van der Waals surface area contributed by atoms with E-state index in [1.807, 2.05) is 71.8 Å². The molecule has 31 heavy (non-hydrogen) atoms. The first-order chi connectivity index (χ1) is 15.2. The van der Waals surface area contributed by atoms with E-state index in [0.717, 1.165) is 55.4 Å². The van der Waals surface area contributed by atoms with Crippen LogP contribution in [-0.2, 0) is 14.9 Å². The number of rotatable bonds is 7. The largest absolute Gasteiger partial charge is 0.379 e.